The molecule has 0 aliphatic heterocycles. The molecule has 0 spiro atoms. The summed E-state index contributed by atoms with van der Waals surface area (Å²) in [6.07, 6.45) is 3.30. The topological polar surface area (TPSA) is 122 Å². The van der Waals surface area contributed by atoms with E-state index in [0.717, 1.165) is 5.69 Å². The van der Waals surface area contributed by atoms with Crippen LogP contribution in [0.2, 0.25) is 0 Å². The fraction of sp³-hybridized carbons (Fsp3) is 0.111. The molecule has 9 nitrogen and oxygen atoms in total. The Morgan fingerprint density at radius 1 is 0.929 bits per heavy atom. The summed E-state index contributed by atoms with van der Waals surface area (Å²) in [7, 11) is 0. The first kappa shape index (κ1) is 17.9. The summed E-state index contributed by atoms with van der Waals surface area (Å²) in [5, 5.41) is 17.6. The summed E-state index contributed by atoms with van der Waals surface area (Å²) in [5.74, 6) is 2.08. The van der Waals surface area contributed by atoms with Gasteiger partial charge < -0.3 is 10.4 Å². The molecule has 0 radical (unpaired) electrons. The number of hydrogen-bond acceptors (Lipinski definition) is 10. The highest BCUT2D eigenvalue weighted by Gasteiger charge is 2.07. The highest BCUT2D eigenvalue weighted by atomic mass is 32.1. The van der Waals surface area contributed by atoms with Gasteiger partial charge in [-0.2, -0.15) is 4.98 Å². The van der Waals surface area contributed by atoms with Crippen molar-refractivity contribution in [1.82, 2.24) is 29.9 Å². The first-order chi connectivity index (χ1) is 13.7. The zero-order valence-corrected chi connectivity index (χ0v) is 15.7. The van der Waals surface area contributed by atoms with Crippen molar-refractivity contribution in [3.63, 3.8) is 0 Å². The Kier molecular flexibility index (Phi) is 5.13. The van der Waals surface area contributed by atoms with E-state index in [9.17, 15) is 0 Å². The van der Waals surface area contributed by atoms with Crippen molar-refractivity contribution in [2.45, 2.75) is 13.5 Å². The number of aromatic nitrogens is 6. The molecule has 4 rings (SSSR count). The molecule has 0 unspecified atom stereocenters. The summed E-state index contributed by atoms with van der Waals surface area (Å²) in [5.41, 5.74) is 2.20. The number of nitrogens with zero attached hydrogens (tertiary/aromatic N) is 6. The highest BCUT2D eigenvalue weighted by Crippen LogP contribution is 2.21. The largest absolute Gasteiger partial charge is 0.390 e. The maximum absolute atomic E-state index is 9.10. The summed E-state index contributed by atoms with van der Waals surface area (Å²) in [6, 6.07) is 9.20. The Hall–Kier alpha value is -3.50. The minimum Gasteiger partial charge on any atom is -0.390 e. The lowest BCUT2D eigenvalue weighted by molar-refractivity contribution is 0.278. The van der Waals surface area contributed by atoms with Crippen LogP contribution in [0.4, 0.5) is 22.7 Å². The summed E-state index contributed by atoms with van der Waals surface area (Å²) in [4.78, 5) is 26.1. The highest BCUT2D eigenvalue weighted by molar-refractivity contribution is 7.13. The van der Waals surface area contributed by atoms with Crippen LogP contribution in [0.15, 0.2) is 48.1 Å². The molecule has 0 saturated heterocycles. The van der Waals surface area contributed by atoms with E-state index in [4.69, 9.17) is 5.11 Å². The van der Waals surface area contributed by atoms with Gasteiger partial charge in [0.2, 0.25) is 5.95 Å². The smallest absolute Gasteiger partial charge is 0.230 e. The first-order valence-corrected chi connectivity index (χ1v) is 9.27. The number of nitrogens with one attached hydrogen (secondary N) is 2. The zero-order valence-electron chi connectivity index (χ0n) is 14.9. The van der Waals surface area contributed by atoms with Crippen LogP contribution in [-0.2, 0) is 6.61 Å². The molecule has 0 fully saturated rings. The second-order valence-electron chi connectivity index (χ2n) is 5.75. The maximum atomic E-state index is 9.10. The minimum absolute atomic E-state index is 0.105. The van der Waals surface area contributed by atoms with E-state index in [2.05, 4.69) is 40.5 Å². The Morgan fingerprint density at radius 2 is 1.75 bits per heavy atom. The normalized spacial score (nSPS) is 10.6. The molecule has 0 aliphatic carbocycles. The molecule has 0 amide bonds. The van der Waals surface area contributed by atoms with Gasteiger partial charge in [-0.25, -0.2) is 24.9 Å². The average molecular weight is 392 g/mol. The van der Waals surface area contributed by atoms with Crippen LogP contribution in [0.1, 0.15) is 11.4 Å². The number of aliphatic hydroxyl groups excluding tert-OH is 1. The molecule has 10 heteroatoms. The molecule has 0 saturated carbocycles. The number of aryl methyl sites for hydroxylation is 1. The van der Waals surface area contributed by atoms with Crippen LogP contribution in [0, 0.1) is 6.92 Å². The summed E-state index contributed by atoms with van der Waals surface area (Å²) < 4.78 is 0. The Morgan fingerprint density at radius 3 is 2.54 bits per heavy atom. The van der Waals surface area contributed by atoms with Crippen LogP contribution in [0.3, 0.4) is 0 Å². The minimum atomic E-state index is -0.105. The number of thiazole rings is 1. The van der Waals surface area contributed by atoms with Gasteiger partial charge in [-0.3, -0.25) is 5.32 Å². The standard InChI is InChI=1S/C18H16N8OS/c1-11-3-2-4-13(21-11)16-19-7-5-14(24-16)23-15-6-8-20-17(25-15)26-18-22-12(9-27)10-28-18/h2-8,10,27H,9H2,1H3,(H2,19,20,22,23,24,25,26). The van der Waals surface area contributed by atoms with Crippen molar-refractivity contribution < 1.29 is 5.11 Å². The molecule has 4 aromatic heterocycles. The predicted molar refractivity (Wildman–Crippen MR) is 107 cm³/mol. The Labute approximate surface area is 164 Å². The second kappa shape index (κ2) is 8.03. The number of rotatable bonds is 6. The van der Waals surface area contributed by atoms with Crippen molar-refractivity contribution in [2.75, 3.05) is 10.6 Å². The fourth-order valence-corrected chi connectivity index (χ4v) is 3.07. The second-order valence-corrected chi connectivity index (χ2v) is 6.61. The number of hydrogen-bond donors (Lipinski definition) is 3. The number of aliphatic hydroxyl groups is 1. The van der Waals surface area contributed by atoms with Gasteiger partial charge in [0.25, 0.3) is 0 Å². The first-order valence-electron chi connectivity index (χ1n) is 8.39. The van der Waals surface area contributed by atoms with Crippen molar-refractivity contribution >= 4 is 34.1 Å². The molecule has 140 valence electrons. The third-order valence-corrected chi connectivity index (χ3v) is 4.42. The molecular formula is C18H16N8OS. The quantitative estimate of drug-likeness (QED) is 0.454. The lowest BCUT2D eigenvalue weighted by Gasteiger charge is -2.08. The van der Waals surface area contributed by atoms with Gasteiger partial charge in [0.15, 0.2) is 11.0 Å². The van der Waals surface area contributed by atoms with Crippen molar-refractivity contribution in [3.05, 3.63) is 59.5 Å². The molecule has 0 aromatic carbocycles. The fourth-order valence-electron chi connectivity index (χ4n) is 2.37. The molecule has 0 atom stereocenters. The van der Waals surface area contributed by atoms with E-state index in [1.54, 1.807) is 29.9 Å². The monoisotopic (exact) mass is 392 g/mol. The maximum Gasteiger partial charge on any atom is 0.230 e. The van der Waals surface area contributed by atoms with Crippen LogP contribution >= 0.6 is 11.3 Å². The SMILES string of the molecule is Cc1cccc(-c2nccc(Nc3ccnc(Nc4nc(CO)cs4)n3)n2)n1. The van der Waals surface area contributed by atoms with Gasteiger partial charge in [0.1, 0.15) is 17.3 Å². The third-order valence-electron chi connectivity index (χ3n) is 3.62. The van der Waals surface area contributed by atoms with Gasteiger partial charge in [-0.05, 0) is 31.2 Å². The van der Waals surface area contributed by atoms with Crippen molar-refractivity contribution in [3.8, 4) is 11.5 Å². The molecule has 3 N–H and O–H groups in total. The van der Waals surface area contributed by atoms with E-state index < -0.39 is 0 Å². The zero-order chi connectivity index (χ0) is 19.3. The van der Waals surface area contributed by atoms with Crippen molar-refractivity contribution in [1.29, 1.82) is 0 Å². The Bertz CT molecular complexity index is 1100. The van der Waals surface area contributed by atoms with Crippen LogP contribution < -0.4 is 10.6 Å². The number of pyridine rings is 1. The van der Waals surface area contributed by atoms with Gasteiger partial charge in [-0.1, -0.05) is 6.07 Å². The van der Waals surface area contributed by atoms with Gasteiger partial charge >= 0.3 is 0 Å². The predicted octanol–water partition coefficient (Wildman–Crippen LogP) is 3.07. The number of anilines is 4. The van der Waals surface area contributed by atoms with E-state index in [1.807, 2.05) is 25.1 Å². The van der Waals surface area contributed by atoms with Crippen LogP contribution in [-0.4, -0.2) is 35.0 Å². The summed E-state index contributed by atoms with van der Waals surface area (Å²) >= 11 is 1.37. The van der Waals surface area contributed by atoms with Crippen molar-refractivity contribution in [2.24, 2.45) is 0 Å². The van der Waals surface area contributed by atoms with E-state index in [1.165, 1.54) is 11.3 Å². The van der Waals surface area contributed by atoms with Gasteiger partial charge in [0, 0.05) is 23.5 Å². The van der Waals surface area contributed by atoms with E-state index in [0.29, 0.717) is 39.9 Å². The molecule has 4 aromatic rings. The molecule has 0 bridgehead atoms. The molecule has 0 aliphatic rings. The van der Waals surface area contributed by atoms with Gasteiger partial charge in [-0.15, -0.1) is 11.3 Å². The van der Waals surface area contributed by atoms with Crippen LogP contribution in [0.25, 0.3) is 11.5 Å². The van der Waals surface area contributed by atoms with Crippen LogP contribution in [0.5, 0.6) is 0 Å². The van der Waals surface area contributed by atoms with E-state index in [-0.39, 0.29) is 6.61 Å². The van der Waals surface area contributed by atoms with Gasteiger partial charge in [0.05, 0.1) is 12.3 Å². The average Bonchev–Trinajstić information content (AvgIpc) is 3.16. The molecule has 4 heterocycles. The lowest BCUT2D eigenvalue weighted by Crippen LogP contribution is -2.02. The molecule has 28 heavy (non-hydrogen) atoms. The lowest BCUT2D eigenvalue weighted by atomic mass is 10.3. The Balaban J connectivity index is 1.52. The van der Waals surface area contributed by atoms with E-state index >= 15 is 0 Å². The summed E-state index contributed by atoms with van der Waals surface area (Å²) in [6.45, 7) is 1.82. The third kappa shape index (κ3) is 4.24. The molecular weight excluding hydrogens is 376 g/mol.